The Kier molecular flexibility index (Phi) is 7.94. The standard InChI is InChI=1S/C32H27ClN2O4/c1-22-28(32(36)35(34-22)27-11-7-4-8-12-27)19-25-18-26(33)14-16-29(25)38-21-24-13-15-30(31(17-24)37-2)39-20-23-9-5-3-6-10-23/h3-19H,20-21H2,1-2H3/b28-19-. The van der Waals surface area contributed by atoms with Crippen LogP contribution in [0.4, 0.5) is 5.69 Å². The van der Waals surface area contributed by atoms with E-state index in [9.17, 15) is 4.79 Å². The molecule has 0 aromatic heterocycles. The first-order valence-electron chi connectivity index (χ1n) is 12.4. The average Bonchev–Trinajstić information content (AvgIpc) is 3.25. The van der Waals surface area contributed by atoms with Crippen LogP contribution in [0.25, 0.3) is 6.08 Å². The number of carbonyl (C=O) groups excluding carboxylic acids is 1. The maximum atomic E-state index is 13.2. The number of rotatable bonds is 9. The lowest BCUT2D eigenvalue weighted by atomic mass is 10.1. The number of amides is 1. The minimum absolute atomic E-state index is 0.208. The van der Waals surface area contributed by atoms with Crippen molar-refractivity contribution in [3.05, 3.63) is 124 Å². The number of nitrogens with zero attached hydrogens (tertiary/aromatic N) is 2. The third-order valence-electron chi connectivity index (χ3n) is 6.19. The van der Waals surface area contributed by atoms with Crippen LogP contribution >= 0.6 is 11.6 Å². The fourth-order valence-corrected chi connectivity index (χ4v) is 4.35. The molecule has 0 aliphatic carbocycles. The van der Waals surface area contributed by atoms with Gasteiger partial charge in [-0.25, -0.2) is 0 Å². The zero-order valence-corrected chi connectivity index (χ0v) is 22.4. The van der Waals surface area contributed by atoms with Crippen molar-refractivity contribution in [3.8, 4) is 17.2 Å². The smallest absolute Gasteiger partial charge is 0.280 e. The molecule has 0 N–H and O–H groups in total. The zero-order valence-electron chi connectivity index (χ0n) is 21.6. The molecule has 0 spiro atoms. The summed E-state index contributed by atoms with van der Waals surface area (Å²) in [5, 5.41) is 6.40. The molecule has 1 aliphatic heterocycles. The first-order valence-corrected chi connectivity index (χ1v) is 12.8. The molecule has 4 aromatic rings. The molecule has 5 rings (SSSR count). The highest BCUT2D eigenvalue weighted by molar-refractivity contribution is 6.33. The second-order valence-corrected chi connectivity index (χ2v) is 9.36. The van der Waals surface area contributed by atoms with E-state index in [1.165, 1.54) is 5.01 Å². The molecule has 196 valence electrons. The van der Waals surface area contributed by atoms with Gasteiger partial charge in [0.2, 0.25) is 0 Å². The van der Waals surface area contributed by atoms with Gasteiger partial charge in [-0.2, -0.15) is 10.1 Å². The van der Waals surface area contributed by atoms with Gasteiger partial charge in [-0.05, 0) is 66.6 Å². The Bertz CT molecular complexity index is 1530. The summed E-state index contributed by atoms with van der Waals surface area (Å²) in [6.07, 6.45) is 1.77. The number of carbonyl (C=O) groups is 1. The van der Waals surface area contributed by atoms with Crippen LogP contribution in [-0.2, 0) is 18.0 Å². The van der Waals surface area contributed by atoms with Crippen LogP contribution in [-0.4, -0.2) is 18.7 Å². The topological polar surface area (TPSA) is 60.4 Å². The monoisotopic (exact) mass is 538 g/mol. The third-order valence-corrected chi connectivity index (χ3v) is 6.43. The van der Waals surface area contributed by atoms with Crippen LogP contribution in [0.5, 0.6) is 17.2 Å². The Labute approximate surface area is 232 Å². The third kappa shape index (κ3) is 6.13. The highest BCUT2D eigenvalue weighted by Gasteiger charge is 2.29. The average molecular weight is 539 g/mol. The van der Waals surface area contributed by atoms with Gasteiger partial charge in [0.15, 0.2) is 11.5 Å². The van der Waals surface area contributed by atoms with Gasteiger partial charge in [0.1, 0.15) is 19.0 Å². The lowest BCUT2D eigenvalue weighted by Crippen LogP contribution is -2.21. The number of hydrazone groups is 1. The Morgan fingerprint density at radius 2 is 1.46 bits per heavy atom. The van der Waals surface area contributed by atoms with E-state index in [2.05, 4.69) is 5.10 Å². The van der Waals surface area contributed by atoms with E-state index in [0.717, 1.165) is 11.1 Å². The van der Waals surface area contributed by atoms with Gasteiger partial charge in [0.25, 0.3) is 5.91 Å². The van der Waals surface area contributed by atoms with Crippen molar-refractivity contribution >= 4 is 35.0 Å². The second-order valence-electron chi connectivity index (χ2n) is 8.93. The normalized spacial score (nSPS) is 13.9. The largest absolute Gasteiger partial charge is 0.493 e. The zero-order chi connectivity index (χ0) is 27.2. The summed E-state index contributed by atoms with van der Waals surface area (Å²) < 4.78 is 17.7. The number of halogens is 1. The van der Waals surface area contributed by atoms with Crippen molar-refractivity contribution in [2.45, 2.75) is 20.1 Å². The Balaban J connectivity index is 1.32. The molecule has 6 nitrogen and oxygen atoms in total. The fourth-order valence-electron chi connectivity index (χ4n) is 4.16. The van der Waals surface area contributed by atoms with E-state index in [0.29, 0.717) is 51.4 Å². The van der Waals surface area contributed by atoms with Gasteiger partial charge in [-0.15, -0.1) is 0 Å². The Morgan fingerprint density at radius 3 is 2.21 bits per heavy atom. The number of benzene rings is 4. The number of hydrogen-bond acceptors (Lipinski definition) is 5. The van der Waals surface area contributed by atoms with Gasteiger partial charge >= 0.3 is 0 Å². The van der Waals surface area contributed by atoms with Gasteiger partial charge < -0.3 is 14.2 Å². The van der Waals surface area contributed by atoms with Crippen molar-refractivity contribution in [2.24, 2.45) is 5.10 Å². The molecule has 4 aromatic carbocycles. The highest BCUT2D eigenvalue weighted by Crippen LogP contribution is 2.32. The summed E-state index contributed by atoms with van der Waals surface area (Å²) in [6, 6.07) is 30.3. The predicted molar refractivity (Wildman–Crippen MR) is 155 cm³/mol. The minimum atomic E-state index is -0.208. The minimum Gasteiger partial charge on any atom is -0.493 e. The van der Waals surface area contributed by atoms with E-state index in [1.807, 2.05) is 85.8 Å². The van der Waals surface area contributed by atoms with Crippen molar-refractivity contribution in [1.82, 2.24) is 0 Å². The molecule has 0 saturated carbocycles. The van der Waals surface area contributed by atoms with E-state index in [4.69, 9.17) is 25.8 Å². The highest BCUT2D eigenvalue weighted by atomic mass is 35.5. The predicted octanol–water partition coefficient (Wildman–Crippen LogP) is 7.31. The Hall–Kier alpha value is -4.55. The summed E-state index contributed by atoms with van der Waals surface area (Å²) in [4.78, 5) is 13.2. The molecule has 0 bridgehead atoms. The molecular weight excluding hydrogens is 512 g/mol. The fraction of sp³-hybridized carbons (Fsp3) is 0.125. The van der Waals surface area contributed by atoms with Crippen LogP contribution in [0.3, 0.4) is 0 Å². The number of ether oxygens (including phenoxy) is 3. The molecule has 1 amide bonds. The number of para-hydroxylation sites is 1. The molecular formula is C32H27ClN2O4. The molecule has 7 heteroatoms. The number of methoxy groups -OCH3 is 1. The molecule has 0 fully saturated rings. The first kappa shape index (κ1) is 26.1. The van der Waals surface area contributed by atoms with Crippen LogP contribution in [0.15, 0.2) is 108 Å². The molecule has 0 atom stereocenters. The molecule has 39 heavy (non-hydrogen) atoms. The van der Waals surface area contributed by atoms with Crippen molar-refractivity contribution < 1.29 is 19.0 Å². The van der Waals surface area contributed by atoms with Gasteiger partial charge in [-0.1, -0.05) is 66.2 Å². The van der Waals surface area contributed by atoms with E-state index < -0.39 is 0 Å². The van der Waals surface area contributed by atoms with Crippen molar-refractivity contribution in [1.29, 1.82) is 0 Å². The van der Waals surface area contributed by atoms with Crippen LogP contribution in [0.2, 0.25) is 5.02 Å². The van der Waals surface area contributed by atoms with Crippen LogP contribution < -0.4 is 19.2 Å². The van der Waals surface area contributed by atoms with E-state index in [1.54, 1.807) is 31.4 Å². The maximum absolute atomic E-state index is 13.2. The van der Waals surface area contributed by atoms with E-state index in [-0.39, 0.29) is 12.5 Å². The summed E-state index contributed by atoms with van der Waals surface area (Å²) in [5.41, 5.74) is 4.46. The molecule has 0 saturated heterocycles. The number of anilines is 1. The first-order chi connectivity index (χ1) is 19.0. The SMILES string of the molecule is COc1cc(COc2ccc(Cl)cc2/C=C2\C(=O)N(c3ccccc3)N=C2C)ccc1OCc1ccccc1. The lowest BCUT2D eigenvalue weighted by molar-refractivity contribution is -0.114. The lowest BCUT2D eigenvalue weighted by Gasteiger charge is -2.14. The summed E-state index contributed by atoms with van der Waals surface area (Å²) in [6.45, 7) is 2.54. The van der Waals surface area contributed by atoms with E-state index >= 15 is 0 Å². The molecule has 0 unspecified atom stereocenters. The Morgan fingerprint density at radius 1 is 0.795 bits per heavy atom. The van der Waals surface area contributed by atoms with Crippen molar-refractivity contribution in [2.75, 3.05) is 12.1 Å². The molecule has 0 radical (unpaired) electrons. The molecule has 1 heterocycles. The van der Waals surface area contributed by atoms with Gasteiger partial charge in [-0.3, -0.25) is 4.79 Å². The van der Waals surface area contributed by atoms with Gasteiger partial charge in [0, 0.05) is 10.6 Å². The second kappa shape index (κ2) is 11.9. The maximum Gasteiger partial charge on any atom is 0.280 e. The van der Waals surface area contributed by atoms with Gasteiger partial charge in [0.05, 0.1) is 24.1 Å². The summed E-state index contributed by atoms with van der Waals surface area (Å²) in [7, 11) is 1.61. The quantitative estimate of drug-likeness (QED) is 0.210. The molecule has 1 aliphatic rings. The summed E-state index contributed by atoms with van der Waals surface area (Å²) in [5.74, 6) is 1.66. The van der Waals surface area contributed by atoms with Crippen LogP contribution in [0, 0.1) is 0 Å². The number of hydrogen-bond donors (Lipinski definition) is 0. The summed E-state index contributed by atoms with van der Waals surface area (Å²) >= 11 is 6.31. The van der Waals surface area contributed by atoms with Crippen LogP contribution in [0.1, 0.15) is 23.6 Å². The van der Waals surface area contributed by atoms with Crippen molar-refractivity contribution in [3.63, 3.8) is 0 Å².